The zero-order chi connectivity index (χ0) is 27.3. The van der Waals surface area contributed by atoms with Crippen molar-refractivity contribution >= 4 is 72.1 Å². The lowest BCUT2D eigenvalue weighted by molar-refractivity contribution is 0.669. The third-order valence-electron chi connectivity index (χ3n) is 7.91. The molecule has 2 nitrogen and oxygen atoms in total. The number of nitrogens with zero attached hydrogens (tertiary/aromatic N) is 1. The molecule has 1 heterocycles. The number of hydrogen-bond acceptors (Lipinski definition) is 2. The fourth-order valence-electron chi connectivity index (χ4n) is 6.02. The van der Waals surface area contributed by atoms with Crippen molar-refractivity contribution < 1.29 is 4.42 Å². The molecule has 3 heteroatoms. The zero-order valence-corrected chi connectivity index (χ0v) is 22.8. The molecule has 0 N–H and O–H groups in total. The number of fused-ring (bicyclic) bond motifs is 7. The summed E-state index contributed by atoms with van der Waals surface area (Å²) in [6.45, 7) is 0. The van der Waals surface area contributed by atoms with Crippen LogP contribution in [0.15, 0.2) is 150 Å². The third-order valence-corrected chi connectivity index (χ3v) is 8.16. The fraction of sp³-hybridized carbons (Fsp3) is 0. The van der Waals surface area contributed by atoms with E-state index in [0.29, 0.717) is 0 Å². The van der Waals surface area contributed by atoms with Crippen LogP contribution in [0.5, 0.6) is 0 Å². The first-order chi connectivity index (χ1) is 20.2. The Kier molecular flexibility index (Phi) is 5.54. The van der Waals surface area contributed by atoms with E-state index in [1.165, 1.54) is 26.9 Å². The lowest BCUT2D eigenvalue weighted by Crippen LogP contribution is -2.10. The van der Waals surface area contributed by atoms with Gasteiger partial charge in [-0.25, -0.2) is 0 Å². The number of hydrogen-bond donors (Lipinski definition) is 0. The van der Waals surface area contributed by atoms with Gasteiger partial charge in [0.2, 0.25) is 0 Å². The maximum Gasteiger partial charge on any atom is 0.138 e. The third kappa shape index (κ3) is 3.96. The van der Waals surface area contributed by atoms with Crippen molar-refractivity contribution in [3.05, 3.63) is 151 Å². The van der Waals surface area contributed by atoms with E-state index < -0.39 is 0 Å². The first-order valence-corrected chi connectivity index (χ1v) is 14.1. The second-order valence-electron chi connectivity index (χ2n) is 10.3. The van der Waals surface area contributed by atoms with Gasteiger partial charge < -0.3 is 9.32 Å². The molecule has 0 bridgehead atoms. The second kappa shape index (κ2) is 9.55. The Morgan fingerprint density at radius 2 is 1.05 bits per heavy atom. The van der Waals surface area contributed by atoms with Gasteiger partial charge >= 0.3 is 0 Å². The van der Waals surface area contributed by atoms with Crippen LogP contribution in [0.25, 0.3) is 54.6 Å². The zero-order valence-electron chi connectivity index (χ0n) is 22.1. The van der Waals surface area contributed by atoms with Crippen LogP contribution in [0.1, 0.15) is 0 Å². The summed E-state index contributed by atoms with van der Waals surface area (Å²) in [5.41, 5.74) is 7.28. The smallest absolute Gasteiger partial charge is 0.138 e. The molecule has 0 spiro atoms. The van der Waals surface area contributed by atoms with E-state index in [4.69, 9.17) is 16.0 Å². The Balaban J connectivity index is 1.39. The van der Waals surface area contributed by atoms with Crippen molar-refractivity contribution in [3.63, 3.8) is 0 Å². The molecule has 0 aliphatic carbocycles. The Labute approximate surface area is 242 Å². The predicted molar refractivity (Wildman–Crippen MR) is 174 cm³/mol. The number of furan rings is 1. The van der Waals surface area contributed by atoms with Gasteiger partial charge in [-0.05, 0) is 69.8 Å². The molecular formula is C38H24ClNO. The van der Waals surface area contributed by atoms with E-state index in [0.717, 1.165) is 49.8 Å². The quantitative estimate of drug-likeness (QED) is 0.218. The summed E-state index contributed by atoms with van der Waals surface area (Å²) >= 11 is 6.13. The fourth-order valence-corrected chi connectivity index (χ4v) is 6.14. The highest BCUT2D eigenvalue weighted by molar-refractivity contribution is 6.30. The maximum atomic E-state index is 6.58. The minimum absolute atomic E-state index is 0.737. The average Bonchev–Trinajstić information content (AvgIpc) is 3.42. The van der Waals surface area contributed by atoms with Gasteiger partial charge in [0.1, 0.15) is 11.2 Å². The van der Waals surface area contributed by atoms with Crippen molar-refractivity contribution in [2.75, 3.05) is 4.90 Å². The second-order valence-corrected chi connectivity index (χ2v) is 10.7. The highest BCUT2D eigenvalue weighted by atomic mass is 35.5. The molecule has 0 radical (unpaired) electrons. The maximum absolute atomic E-state index is 6.58. The lowest BCUT2D eigenvalue weighted by atomic mass is 9.98. The minimum Gasteiger partial charge on any atom is -0.456 e. The summed E-state index contributed by atoms with van der Waals surface area (Å²) in [6, 6.07) is 50.8. The van der Waals surface area contributed by atoms with E-state index in [-0.39, 0.29) is 0 Å². The molecule has 41 heavy (non-hydrogen) atoms. The van der Waals surface area contributed by atoms with Gasteiger partial charge in [0.15, 0.2) is 0 Å². The molecule has 8 aromatic rings. The summed E-state index contributed by atoms with van der Waals surface area (Å²) in [6.07, 6.45) is 0. The first-order valence-electron chi connectivity index (χ1n) is 13.7. The Hall–Kier alpha value is -5.05. The van der Waals surface area contributed by atoms with Gasteiger partial charge in [-0.1, -0.05) is 109 Å². The van der Waals surface area contributed by atoms with E-state index in [1.807, 2.05) is 12.1 Å². The van der Waals surface area contributed by atoms with Crippen LogP contribution in [0.4, 0.5) is 17.1 Å². The molecule has 194 valence electrons. The normalized spacial score (nSPS) is 11.5. The number of halogens is 1. The van der Waals surface area contributed by atoms with Crippen molar-refractivity contribution in [3.8, 4) is 11.1 Å². The van der Waals surface area contributed by atoms with Gasteiger partial charge in [0, 0.05) is 38.6 Å². The molecule has 0 atom stereocenters. The van der Waals surface area contributed by atoms with Crippen LogP contribution in [-0.4, -0.2) is 0 Å². The van der Waals surface area contributed by atoms with Gasteiger partial charge in [-0.15, -0.1) is 0 Å². The summed E-state index contributed by atoms with van der Waals surface area (Å²) in [7, 11) is 0. The summed E-state index contributed by atoms with van der Waals surface area (Å²) in [4.78, 5) is 2.32. The molecule has 1 aromatic heterocycles. The predicted octanol–water partition coefficient (Wildman–Crippen LogP) is 11.7. The molecule has 0 amide bonds. The van der Waals surface area contributed by atoms with Crippen LogP contribution in [0, 0.1) is 0 Å². The van der Waals surface area contributed by atoms with Crippen LogP contribution >= 0.6 is 11.6 Å². The molecule has 8 rings (SSSR count). The Bertz CT molecular complexity index is 2200. The average molecular weight is 546 g/mol. The molecule has 0 saturated carbocycles. The van der Waals surface area contributed by atoms with Crippen LogP contribution in [0.3, 0.4) is 0 Å². The van der Waals surface area contributed by atoms with Gasteiger partial charge in [0.05, 0.1) is 5.69 Å². The molecule has 0 aliphatic heterocycles. The van der Waals surface area contributed by atoms with Crippen molar-refractivity contribution in [2.45, 2.75) is 0 Å². The molecule has 0 saturated heterocycles. The monoisotopic (exact) mass is 545 g/mol. The standard InChI is InChI=1S/C38H24ClNO/c39-28-19-14-25(15-20-28)26-16-21-30(22-17-26)40(29-9-2-1-3-10-29)34-24-36-38(33-13-7-6-12-32(33)34)37-31-11-5-4-8-27(31)18-23-35(37)41-36/h1-24H. The van der Waals surface area contributed by atoms with Gasteiger partial charge in [-0.2, -0.15) is 0 Å². The summed E-state index contributed by atoms with van der Waals surface area (Å²) < 4.78 is 6.58. The van der Waals surface area contributed by atoms with Gasteiger partial charge in [0.25, 0.3) is 0 Å². The van der Waals surface area contributed by atoms with Crippen molar-refractivity contribution in [2.24, 2.45) is 0 Å². The first kappa shape index (κ1) is 23.8. The van der Waals surface area contributed by atoms with Crippen molar-refractivity contribution in [1.82, 2.24) is 0 Å². The topological polar surface area (TPSA) is 16.4 Å². The largest absolute Gasteiger partial charge is 0.456 e. The minimum atomic E-state index is 0.737. The summed E-state index contributed by atoms with van der Waals surface area (Å²) in [5.74, 6) is 0. The molecule has 7 aromatic carbocycles. The van der Waals surface area contributed by atoms with Crippen LogP contribution in [0.2, 0.25) is 5.02 Å². The highest BCUT2D eigenvalue weighted by Crippen LogP contribution is 2.46. The van der Waals surface area contributed by atoms with Crippen molar-refractivity contribution in [1.29, 1.82) is 0 Å². The van der Waals surface area contributed by atoms with E-state index >= 15 is 0 Å². The molecule has 0 fully saturated rings. The SMILES string of the molecule is Clc1ccc(-c2ccc(N(c3ccccc3)c3cc4oc5ccc6ccccc6c5c4c4ccccc34)cc2)cc1. The van der Waals surface area contributed by atoms with E-state index in [1.54, 1.807) is 0 Å². The van der Waals surface area contributed by atoms with Crippen LogP contribution in [-0.2, 0) is 0 Å². The van der Waals surface area contributed by atoms with Crippen LogP contribution < -0.4 is 4.90 Å². The van der Waals surface area contributed by atoms with E-state index in [9.17, 15) is 0 Å². The Morgan fingerprint density at radius 3 is 1.80 bits per heavy atom. The molecule has 0 aliphatic rings. The van der Waals surface area contributed by atoms with Gasteiger partial charge in [-0.3, -0.25) is 0 Å². The Morgan fingerprint density at radius 1 is 0.463 bits per heavy atom. The highest BCUT2D eigenvalue weighted by Gasteiger charge is 2.21. The number of anilines is 3. The molecule has 0 unspecified atom stereocenters. The number of benzene rings is 7. The number of rotatable bonds is 4. The molecular weight excluding hydrogens is 522 g/mol. The van der Waals surface area contributed by atoms with E-state index in [2.05, 4.69) is 138 Å². The summed E-state index contributed by atoms with van der Waals surface area (Å²) in [5, 5.41) is 7.82. The number of para-hydroxylation sites is 1. The lowest BCUT2D eigenvalue weighted by Gasteiger charge is -2.27.